The molecule has 0 aliphatic heterocycles. The van der Waals surface area contributed by atoms with E-state index >= 15 is 0 Å². The summed E-state index contributed by atoms with van der Waals surface area (Å²) >= 11 is 0. The molecule has 15 heavy (non-hydrogen) atoms. The quantitative estimate of drug-likeness (QED) is 0.660. The molecule has 0 aromatic heterocycles. The molecule has 3 heteroatoms. The second kappa shape index (κ2) is 6.46. The molecule has 2 unspecified atom stereocenters. The van der Waals surface area contributed by atoms with Crippen molar-refractivity contribution in [1.82, 2.24) is 10.2 Å². The van der Waals surface area contributed by atoms with E-state index in [4.69, 9.17) is 4.74 Å². The number of rotatable bonds is 8. The first-order valence-corrected chi connectivity index (χ1v) is 6.11. The van der Waals surface area contributed by atoms with Crippen LogP contribution in [0, 0.1) is 5.92 Å². The molecule has 0 radical (unpaired) electrons. The molecular weight excluding hydrogens is 188 g/mol. The number of hydrogen-bond acceptors (Lipinski definition) is 3. The lowest BCUT2D eigenvalue weighted by Crippen LogP contribution is -2.45. The van der Waals surface area contributed by atoms with Gasteiger partial charge >= 0.3 is 0 Å². The van der Waals surface area contributed by atoms with Crippen LogP contribution in [0.5, 0.6) is 0 Å². The van der Waals surface area contributed by atoms with Crippen LogP contribution in [-0.4, -0.2) is 50.8 Å². The third-order valence-electron chi connectivity index (χ3n) is 3.30. The number of nitrogens with zero attached hydrogens (tertiary/aromatic N) is 1. The number of likely N-dealkylation sites (N-methyl/N-ethyl adjacent to an activating group) is 2. The van der Waals surface area contributed by atoms with Crippen molar-refractivity contribution in [3.05, 3.63) is 0 Å². The average Bonchev–Trinajstić information content (AvgIpc) is 3.00. The van der Waals surface area contributed by atoms with E-state index in [-0.39, 0.29) is 0 Å². The summed E-state index contributed by atoms with van der Waals surface area (Å²) in [6.45, 7) is 7.45. The van der Waals surface area contributed by atoms with Crippen LogP contribution in [0.4, 0.5) is 0 Å². The topological polar surface area (TPSA) is 24.5 Å². The van der Waals surface area contributed by atoms with Crippen LogP contribution in [0.25, 0.3) is 0 Å². The van der Waals surface area contributed by atoms with E-state index in [9.17, 15) is 0 Å². The van der Waals surface area contributed by atoms with Gasteiger partial charge in [0.05, 0.1) is 6.61 Å². The largest absolute Gasteiger partial charge is 0.383 e. The molecule has 0 saturated heterocycles. The summed E-state index contributed by atoms with van der Waals surface area (Å²) in [5, 5.41) is 3.59. The molecule has 0 aromatic rings. The van der Waals surface area contributed by atoms with E-state index in [1.165, 1.54) is 12.8 Å². The zero-order valence-corrected chi connectivity index (χ0v) is 10.6. The highest BCUT2D eigenvalue weighted by Crippen LogP contribution is 2.32. The van der Waals surface area contributed by atoms with Gasteiger partial charge in [0.25, 0.3) is 0 Å². The number of nitrogens with one attached hydrogen (secondary N) is 1. The summed E-state index contributed by atoms with van der Waals surface area (Å²) in [7, 11) is 3.96. The van der Waals surface area contributed by atoms with Crippen molar-refractivity contribution in [2.24, 2.45) is 5.92 Å². The maximum atomic E-state index is 5.18. The van der Waals surface area contributed by atoms with Crippen LogP contribution in [0.1, 0.15) is 26.7 Å². The van der Waals surface area contributed by atoms with Crippen molar-refractivity contribution in [3.63, 3.8) is 0 Å². The summed E-state index contributed by atoms with van der Waals surface area (Å²) in [6, 6.07) is 1.19. The molecule has 1 aliphatic carbocycles. The zero-order valence-electron chi connectivity index (χ0n) is 10.6. The van der Waals surface area contributed by atoms with Gasteiger partial charge in [-0.1, -0.05) is 6.92 Å². The summed E-state index contributed by atoms with van der Waals surface area (Å²) in [4.78, 5) is 2.40. The molecule has 1 rings (SSSR count). The van der Waals surface area contributed by atoms with Crippen LogP contribution in [0.2, 0.25) is 0 Å². The highest BCUT2D eigenvalue weighted by molar-refractivity contribution is 4.88. The fourth-order valence-electron chi connectivity index (χ4n) is 2.00. The molecule has 1 saturated carbocycles. The van der Waals surface area contributed by atoms with E-state index in [1.54, 1.807) is 7.11 Å². The fraction of sp³-hybridized carbons (Fsp3) is 1.00. The van der Waals surface area contributed by atoms with Crippen molar-refractivity contribution in [3.8, 4) is 0 Å². The average molecular weight is 214 g/mol. The third kappa shape index (κ3) is 4.49. The lowest BCUT2D eigenvalue weighted by Gasteiger charge is -2.29. The molecule has 0 amide bonds. The molecule has 0 spiro atoms. The smallest absolute Gasteiger partial charge is 0.0615 e. The van der Waals surface area contributed by atoms with Gasteiger partial charge < -0.3 is 10.1 Å². The lowest BCUT2D eigenvalue weighted by atomic mass is 10.1. The molecule has 90 valence electrons. The monoisotopic (exact) mass is 214 g/mol. The zero-order chi connectivity index (χ0) is 11.3. The standard InChI is InChI=1S/C12H26N2O/c1-5-13-12(11-6-7-11)8-14(3)10(2)9-15-4/h10-13H,5-9H2,1-4H3. The van der Waals surface area contributed by atoms with Crippen LogP contribution >= 0.6 is 0 Å². The van der Waals surface area contributed by atoms with Gasteiger partial charge in [-0.25, -0.2) is 0 Å². The van der Waals surface area contributed by atoms with Crippen LogP contribution in [0.15, 0.2) is 0 Å². The van der Waals surface area contributed by atoms with Crippen molar-refractivity contribution in [2.75, 3.05) is 33.9 Å². The normalized spacial score (nSPS) is 20.6. The predicted octanol–water partition coefficient (Wildman–Crippen LogP) is 1.34. The fourth-order valence-corrected chi connectivity index (χ4v) is 2.00. The minimum Gasteiger partial charge on any atom is -0.383 e. The lowest BCUT2D eigenvalue weighted by molar-refractivity contribution is 0.107. The van der Waals surface area contributed by atoms with Gasteiger partial charge in [0, 0.05) is 25.7 Å². The molecular formula is C12H26N2O. The maximum absolute atomic E-state index is 5.18. The van der Waals surface area contributed by atoms with Crippen molar-refractivity contribution < 1.29 is 4.74 Å². The van der Waals surface area contributed by atoms with Crippen molar-refractivity contribution in [2.45, 2.75) is 38.8 Å². The van der Waals surface area contributed by atoms with Gasteiger partial charge in [0.1, 0.15) is 0 Å². The Balaban J connectivity index is 2.29. The molecule has 1 fully saturated rings. The minimum atomic E-state index is 0.509. The van der Waals surface area contributed by atoms with Crippen LogP contribution < -0.4 is 5.32 Å². The highest BCUT2D eigenvalue weighted by Gasteiger charge is 2.31. The van der Waals surface area contributed by atoms with Gasteiger partial charge in [-0.2, -0.15) is 0 Å². The second-order valence-corrected chi connectivity index (χ2v) is 4.75. The summed E-state index contributed by atoms with van der Waals surface area (Å²) in [5.41, 5.74) is 0. The Morgan fingerprint density at radius 3 is 2.60 bits per heavy atom. The molecule has 2 atom stereocenters. The Labute approximate surface area is 94.2 Å². The van der Waals surface area contributed by atoms with Gasteiger partial charge in [0.15, 0.2) is 0 Å². The highest BCUT2D eigenvalue weighted by atomic mass is 16.5. The molecule has 1 aliphatic rings. The molecule has 1 N–H and O–H groups in total. The summed E-state index contributed by atoms with van der Waals surface area (Å²) in [6.07, 6.45) is 2.81. The Hall–Kier alpha value is -0.120. The maximum Gasteiger partial charge on any atom is 0.0615 e. The molecule has 0 heterocycles. The summed E-state index contributed by atoms with van der Waals surface area (Å²) in [5.74, 6) is 0.919. The Morgan fingerprint density at radius 1 is 1.47 bits per heavy atom. The van der Waals surface area contributed by atoms with Crippen LogP contribution in [0.3, 0.4) is 0 Å². The SMILES string of the molecule is CCNC(CN(C)C(C)COC)C1CC1. The first-order valence-electron chi connectivity index (χ1n) is 6.11. The van der Waals surface area contributed by atoms with Crippen molar-refractivity contribution >= 4 is 0 Å². The number of hydrogen-bond donors (Lipinski definition) is 1. The minimum absolute atomic E-state index is 0.509. The van der Waals surface area contributed by atoms with Gasteiger partial charge in [-0.3, -0.25) is 4.90 Å². The Bertz CT molecular complexity index is 171. The van der Waals surface area contributed by atoms with Crippen LogP contribution in [-0.2, 0) is 4.74 Å². The second-order valence-electron chi connectivity index (χ2n) is 4.75. The predicted molar refractivity (Wildman–Crippen MR) is 64.2 cm³/mol. The molecule has 0 bridgehead atoms. The van der Waals surface area contributed by atoms with E-state index in [2.05, 4.69) is 31.1 Å². The van der Waals surface area contributed by atoms with E-state index in [0.29, 0.717) is 12.1 Å². The third-order valence-corrected chi connectivity index (χ3v) is 3.30. The van der Waals surface area contributed by atoms with Gasteiger partial charge in [-0.15, -0.1) is 0 Å². The Morgan fingerprint density at radius 2 is 2.13 bits per heavy atom. The van der Waals surface area contributed by atoms with Gasteiger partial charge in [-0.05, 0) is 39.3 Å². The number of methoxy groups -OCH3 is 1. The van der Waals surface area contributed by atoms with E-state index < -0.39 is 0 Å². The Kier molecular flexibility index (Phi) is 5.58. The van der Waals surface area contributed by atoms with Crippen molar-refractivity contribution in [1.29, 1.82) is 0 Å². The van der Waals surface area contributed by atoms with E-state index in [0.717, 1.165) is 25.6 Å². The summed E-state index contributed by atoms with van der Waals surface area (Å²) < 4.78 is 5.18. The first-order chi connectivity index (χ1) is 7.19. The molecule has 3 nitrogen and oxygen atoms in total. The number of ether oxygens (including phenoxy) is 1. The molecule has 0 aromatic carbocycles. The van der Waals surface area contributed by atoms with Gasteiger partial charge in [0.2, 0.25) is 0 Å². The van der Waals surface area contributed by atoms with E-state index in [1.807, 2.05) is 0 Å². The first kappa shape index (κ1) is 12.9.